The van der Waals surface area contributed by atoms with E-state index in [1.54, 1.807) is 12.1 Å². The van der Waals surface area contributed by atoms with Gasteiger partial charge in [0.1, 0.15) is 18.2 Å². The Hall–Kier alpha value is -3.17. The van der Waals surface area contributed by atoms with Crippen LogP contribution in [0.4, 0.5) is 4.39 Å². The fourth-order valence-corrected chi connectivity index (χ4v) is 5.17. The summed E-state index contributed by atoms with van der Waals surface area (Å²) in [6.07, 6.45) is 5.23. The van der Waals surface area contributed by atoms with Gasteiger partial charge in [0.15, 0.2) is 0 Å². The smallest absolute Gasteiger partial charge is 0.124 e. The molecule has 0 aromatic heterocycles. The van der Waals surface area contributed by atoms with Crippen molar-refractivity contribution in [1.82, 2.24) is 4.90 Å². The lowest BCUT2D eigenvalue weighted by Crippen LogP contribution is -2.29. The molecule has 2 nitrogen and oxygen atoms in total. The van der Waals surface area contributed by atoms with Crippen LogP contribution in [0.3, 0.4) is 0 Å². The fourth-order valence-electron chi connectivity index (χ4n) is 5.17. The van der Waals surface area contributed by atoms with Gasteiger partial charge in [-0.2, -0.15) is 0 Å². The largest absolute Gasteiger partial charge is 0.492 e. The van der Waals surface area contributed by atoms with Crippen LogP contribution in [-0.4, -0.2) is 31.1 Å². The van der Waals surface area contributed by atoms with Crippen molar-refractivity contribution in [1.29, 1.82) is 0 Å². The molecule has 0 saturated carbocycles. The molecule has 0 radical (unpaired) electrons. The van der Waals surface area contributed by atoms with E-state index in [1.807, 2.05) is 18.2 Å². The Morgan fingerprint density at radius 2 is 1.38 bits per heavy atom. The zero-order valence-electron chi connectivity index (χ0n) is 19.6. The number of benzene rings is 4. The van der Waals surface area contributed by atoms with Crippen LogP contribution < -0.4 is 4.74 Å². The highest BCUT2D eigenvalue weighted by Gasteiger charge is 2.23. The van der Waals surface area contributed by atoms with Crippen molar-refractivity contribution in [2.75, 3.05) is 26.2 Å². The standard InChI is InChI=1S/C31H32FNO/c32-27-17-14-26(15-18-27)30(25-11-4-3-5-12-25)31-28-13-7-6-10-24(28)16-19-29(31)34-23-22-33-20-8-1-2-9-21-33/h3-7,10-19,30H,1-2,8-9,20-23H2. The minimum Gasteiger partial charge on any atom is -0.492 e. The molecule has 1 fully saturated rings. The second kappa shape index (κ2) is 10.8. The minimum absolute atomic E-state index is 0.0545. The summed E-state index contributed by atoms with van der Waals surface area (Å²) in [5.74, 6) is 0.634. The summed E-state index contributed by atoms with van der Waals surface area (Å²) in [5, 5.41) is 2.35. The fraction of sp³-hybridized carbons (Fsp3) is 0.290. The second-order valence-electron chi connectivity index (χ2n) is 9.20. The summed E-state index contributed by atoms with van der Waals surface area (Å²) in [4.78, 5) is 2.53. The minimum atomic E-state index is -0.220. The van der Waals surface area contributed by atoms with E-state index >= 15 is 0 Å². The third kappa shape index (κ3) is 5.15. The Morgan fingerprint density at radius 1 is 0.706 bits per heavy atom. The highest BCUT2D eigenvalue weighted by atomic mass is 19.1. The first-order chi connectivity index (χ1) is 16.8. The maximum atomic E-state index is 13.8. The van der Waals surface area contributed by atoms with Crippen molar-refractivity contribution in [3.8, 4) is 5.75 Å². The maximum Gasteiger partial charge on any atom is 0.124 e. The van der Waals surface area contributed by atoms with Gasteiger partial charge in [-0.25, -0.2) is 4.39 Å². The first-order valence-electron chi connectivity index (χ1n) is 12.5. The lowest BCUT2D eigenvalue weighted by molar-refractivity contribution is 0.213. The van der Waals surface area contributed by atoms with E-state index in [1.165, 1.54) is 42.0 Å². The highest BCUT2D eigenvalue weighted by molar-refractivity contribution is 5.89. The van der Waals surface area contributed by atoms with E-state index in [9.17, 15) is 4.39 Å². The first kappa shape index (κ1) is 22.6. The lowest BCUT2D eigenvalue weighted by atomic mass is 9.82. The number of nitrogens with zero attached hydrogens (tertiary/aromatic N) is 1. The van der Waals surface area contributed by atoms with Gasteiger partial charge in [-0.15, -0.1) is 0 Å². The van der Waals surface area contributed by atoms with Crippen LogP contribution in [-0.2, 0) is 0 Å². The van der Waals surface area contributed by atoms with Crippen LogP contribution in [0.2, 0.25) is 0 Å². The van der Waals surface area contributed by atoms with Gasteiger partial charge in [-0.05, 0) is 66.0 Å². The predicted molar refractivity (Wildman–Crippen MR) is 138 cm³/mol. The lowest BCUT2D eigenvalue weighted by Gasteiger charge is -2.25. The summed E-state index contributed by atoms with van der Waals surface area (Å²) >= 11 is 0. The zero-order chi connectivity index (χ0) is 23.2. The van der Waals surface area contributed by atoms with Crippen molar-refractivity contribution >= 4 is 10.8 Å². The number of rotatable bonds is 7. The Balaban J connectivity index is 1.55. The molecule has 3 heteroatoms. The second-order valence-corrected chi connectivity index (χ2v) is 9.20. The number of likely N-dealkylation sites (tertiary alicyclic amines) is 1. The summed E-state index contributed by atoms with van der Waals surface area (Å²) in [6, 6.07) is 30.1. The Morgan fingerprint density at radius 3 is 2.15 bits per heavy atom. The van der Waals surface area contributed by atoms with Crippen molar-refractivity contribution < 1.29 is 9.13 Å². The molecule has 1 atom stereocenters. The number of fused-ring (bicyclic) bond motifs is 1. The monoisotopic (exact) mass is 453 g/mol. The molecule has 0 spiro atoms. The average molecular weight is 454 g/mol. The van der Waals surface area contributed by atoms with Crippen LogP contribution in [0, 0.1) is 5.82 Å². The number of hydrogen-bond acceptors (Lipinski definition) is 2. The van der Waals surface area contributed by atoms with E-state index in [0.29, 0.717) is 6.61 Å². The maximum absolute atomic E-state index is 13.8. The predicted octanol–water partition coefficient (Wildman–Crippen LogP) is 7.41. The summed E-state index contributed by atoms with van der Waals surface area (Å²) in [5.41, 5.74) is 3.37. The van der Waals surface area contributed by atoms with Gasteiger partial charge in [0.25, 0.3) is 0 Å². The van der Waals surface area contributed by atoms with E-state index in [4.69, 9.17) is 4.74 Å². The van der Waals surface area contributed by atoms with Crippen LogP contribution in [0.15, 0.2) is 91.0 Å². The molecule has 4 aromatic rings. The Bertz CT molecular complexity index is 1200. The van der Waals surface area contributed by atoms with Crippen molar-refractivity contribution in [2.45, 2.75) is 31.6 Å². The van der Waals surface area contributed by atoms with Crippen molar-refractivity contribution in [2.24, 2.45) is 0 Å². The summed E-state index contributed by atoms with van der Waals surface area (Å²) in [7, 11) is 0. The Kier molecular flexibility index (Phi) is 7.21. The number of ether oxygens (including phenoxy) is 1. The molecule has 0 aliphatic carbocycles. The van der Waals surface area contributed by atoms with Gasteiger partial charge in [-0.3, -0.25) is 4.90 Å². The Labute approximate surface area is 202 Å². The molecule has 1 heterocycles. The zero-order valence-corrected chi connectivity index (χ0v) is 19.6. The molecule has 0 N–H and O–H groups in total. The molecule has 174 valence electrons. The van der Waals surface area contributed by atoms with Crippen LogP contribution >= 0.6 is 0 Å². The molecule has 1 aliphatic heterocycles. The highest BCUT2D eigenvalue weighted by Crippen LogP contribution is 2.41. The summed E-state index contributed by atoms with van der Waals surface area (Å²) < 4.78 is 20.4. The number of halogens is 1. The van der Waals surface area contributed by atoms with Crippen LogP contribution in [0.1, 0.15) is 48.3 Å². The molecule has 0 amide bonds. The van der Waals surface area contributed by atoms with Gasteiger partial charge in [0.2, 0.25) is 0 Å². The topological polar surface area (TPSA) is 12.5 Å². The molecular formula is C31H32FNO. The molecule has 34 heavy (non-hydrogen) atoms. The average Bonchev–Trinajstić information content (AvgIpc) is 3.16. The molecule has 4 aromatic carbocycles. The molecule has 0 bridgehead atoms. The number of hydrogen-bond donors (Lipinski definition) is 0. The van der Waals surface area contributed by atoms with E-state index < -0.39 is 0 Å². The third-order valence-electron chi connectivity index (χ3n) is 6.92. The molecule has 1 aliphatic rings. The molecule has 5 rings (SSSR count). The van der Waals surface area contributed by atoms with Gasteiger partial charge in [0.05, 0.1) is 0 Å². The van der Waals surface area contributed by atoms with E-state index in [2.05, 4.69) is 65.6 Å². The van der Waals surface area contributed by atoms with Gasteiger partial charge in [0, 0.05) is 18.0 Å². The van der Waals surface area contributed by atoms with Crippen molar-refractivity contribution in [3.05, 3.63) is 114 Å². The van der Waals surface area contributed by atoms with Gasteiger partial charge < -0.3 is 4.74 Å². The van der Waals surface area contributed by atoms with Gasteiger partial charge in [-0.1, -0.05) is 85.6 Å². The SMILES string of the molecule is Fc1ccc(C(c2ccccc2)c2c(OCCN3CCCCCC3)ccc3ccccc23)cc1. The third-order valence-corrected chi connectivity index (χ3v) is 6.92. The van der Waals surface area contributed by atoms with Crippen molar-refractivity contribution in [3.63, 3.8) is 0 Å². The van der Waals surface area contributed by atoms with Crippen LogP contribution in [0.5, 0.6) is 5.75 Å². The van der Waals surface area contributed by atoms with Crippen LogP contribution in [0.25, 0.3) is 10.8 Å². The van der Waals surface area contributed by atoms with Gasteiger partial charge >= 0.3 is 0 Å². The van der Waals surface area contributed by atoms with E-state index in [-0.39, 0.29) is 11.7 Å². The molecular weight excluding hydrogens is 421 g/mol. The summed E-state index contributed by atoms with van der Waals surface area (Å²) in [6.45, 7) is 3.93. The molecule has 1 saturated heterocycles. The molecule has 1 unspecified atom stereocenters. The first-order valence-corrected chi connectivity index (χ1v) is 12.5. The normalized spacial score (nSPS) is 15.7. The quantitative estimate of drug-likeness (QED) is 0.270. The van der Waals surface area contributed by atoms with E-state index in [0.717, 1.165) is 36.5 Å².